The predicted molar refractivity (Wildman–Crippen MR) is 120 cm³/mol. The van der Waals surface area contributed by atoms with Gasteiger partial charge in [0.1, 0.15) is 23.0 Å². The minimum Gasteiger partial charge on any atom is -0.368 e. The highest BCUT2D eigenvalue weighted by Crippen LogP contribution is 2.36. The molecule has 1 aliphatic carbocycles. The molecule has 3 N–H and O–H groups in total. The number of carbonyl (C=O) groups is 1. The van der Waals surface area contributed by atoms with Gasteiger partial charge in [0, 0.05) is 24.5 Å². The summed E-state index contributed by atoms with van der Waals surface area (Å²) in [5.74, 6) is 0.0730. The minimum absolute atomic E-state index is 0.0937. The minimum atomic E-state index is -0.733. The van der Waals surface area contributed by atoms with Crippen LogP contribution >= 0.6 is 0 Å². The molecule has 32 heavy (non-hydrogen) atoms. The number of aromatic nitrogens is 1. The van der Waals surface area contributed by atoms with Crippen molar-refractivity contribution < 1.29 is 13.6 Å². The van der Waals surface area contributed by atoms with Crippen LogP contribution in [0.1, 0.15) is 38.5 Å². The van der Waals surface area contributed by atoms with Gasteiger partial charge in [0.25, 0.3) is 0 Å². The van der Waals surface area contributed by atoms with E-state index in [1.807, 2.05) is 12.1 Å². The summed E-state index contributed by atoms with van der Waals surface area (Å²) in [7, 11) is 0. The SMILES string of the molecule is O=C(Nc1cc(F)cc(F)c1)N1CCC[C@@]2(C1)Nc1cccnc1NC2=NC1CCCC1. The Kier molecular flexibility index (Phi) is 5.40. The van der Waals surface area contributed by atoms with E-state index in [2.05, 4.69) is 20.9 Å². The molecule has 0 bridgehead atoms. The summed E-state index contributed by atoms with van der Waals surface area (Å²) in [6.07, 6.45) is 7.77. The molecule has 168 valence electrons. The van der Waals surface area contributed by atoms with Crippen LogP contribution in [-0.4, -0.2) is 46.4 Å². The number of nitrogens with one attached hydrogen (secondary N) is 3. The Labute approximate surface area is 185 Å². The lowest BCUT2D eigenvalue weighted by Crippen LogP contribution is -2.63. The average Bonchev–Trinajstić information content (AvgIpc) is 3.27. The van der Waals surface area contributed by atoms with Crippen LogP contribution in [0.25, 0.3) is 0 Å². The monoisotopic (exact) mass is 440 g/mol. The van der Waals surface area contributed by atoms with Crippen molar-refractivity contribution in [1.29, 1.82) is 0 Å². The maximum absolute atomic E-state index is 13.5. The number of hydrogen-bond acceptors (Lipinski definition) is 4. The first-order valence-corrected chi connectivity index (χ1v) is 11.1. The lowest BCUT2D eigenvalue weighted by atomic mass is 9.85. The van der Waals surface area contributed by atoms with Crippen LogP contribution in [0.2, 0.25) is 0 Å². The van der Waals surface area contributed by atoms with Gasteiger partial charge in [0.2, 0.25) is 0 Å². The molecule has 1 saturated carbocycles. The maximum atomic E-state index is 13.5. The van der Waals surface area contributed by atoms with Crippen molar-refractivity contribution in [3.05, 3.63) is 48.2 Å². The van der Waals surface area contributed by atoms with Crippen LogP contribution in [0.15, 0.2) is 41.5 Å². The Balaban J connectivity index is 1.41. The molecule has 2 amide bonds. The topological polar surface area (TPSA) is 81.7 Å². The Hall–Kier alpha value is -3.23. The van der Waals surface area contributed by atoms with Crippen molar-refractivity contribution in [3.8, 4) is 0 Å². The number of halogens is 2. The fourth-order valence-electron chi connectivity index (χ4n) is 4.88. The van der Waals surface area contributed by atoms with Crippen LogP contribution in [0.3, 0.4) is 0 Å². The second-order valence-electron chi connectivity index (χ2n) is 8.76. The van der Waals surface area contributed by atoms with E-state index >= 15 is 0 Å². The third-order valence-corrected chi connectivity index (χ3v) is 6.40. The molecule has 1 aromatic carbocycles. The second kappa shape index (κ2) is 8.37. The van der Waals surface area contributed by atoms with E-state index in [-0.39, 0.29) is 11.7 Å². The molecule has 2 aliphatic heterocycles. The van der Waals surface area contributed by atoms with E-state index in [1.165, 1.54) is 12.8 Å². The molecular formula is C23H26F2N6O. The Bertz CT molecular complexity index is 1030. The number of piperidine rings is 1. The summed E-state index contributed by atoms with van der Waals surface area (Å²) >= 11 is 0. The molecule has 1 atom stereocenters. The van der Waals surface area contributed by atoms with E-state index in [0.29, 0.717) is 13.1 Å². The molecule has 2 aromatic rings. The fraction of sp³-hybridized carbons (Fsp3) is 0.435. The smallest absolute Gasteiger partial charge is 0.321 e. The van der Waals surface area contributed by atoms with Gasteiger partial charge in [-0.25, -0.2) is 18.6 Å². The standard InChI is InChI=1S/C23H26F2N6O/c24-15-11-16(25)13-18(12-15)28-22(32)31-10-4-8-23(14-31)21(27-17-5-1-2-6-17)29-20-19(30-23)7-3-9-26-20/h3,7,9,11-13,17,30H,1-2,4-6,8,10,14H2,(H,28,32)(H,26,27,29)/t23-/m0/s1. The first-order valence-electron chi connectivity index (χ1n) is 11.1. The molecule has 1 saturated heterocycles. The number of amidine groups is 1. The zero-order valence-electron chi connectivity index (χ0n) is 17.7. The highest BCUT2D eigenvalue weighted by atomic mass is 19.1. The van der Waals surface area contributed by atoms with Crippen molar-refractivity contribution in [2.45, 2.75) is 50.1 Å². The third-order valence-electron chi connectivity index (χ3n) is 6.40. The van der Waals surface area contributed by atoms with E-state index in [1.54, 1.807) is 11.1 Å². The van der Waals surface area contributed by atoms with Gasteiger partial charge >= 0.3 is 6.03 Å². The molecule has 7 nitrogen and oxygen atoms in total. The number of fused-ring (bicyclic) bond motifs is 1. The molecule has 1 spiro atoms. The zero-order chi connectivity index (χ0) is 22.1. The summed E-state index contributed by atoms with van der Waals surface area (Å²) in [5.41, 5.74) is 0.394. The number of benzene rings is 1. The van der Waals surface area contributed by atoms with Crippen LogP contribution in [0, 0.1) is 11.6 Å². The summed E-state index contributed by atoms with van der Waals surface area (Å²) in [5, 5.41) is 9.66. The molecule has 1 aromatic heterocycles. The molecule has 5 rings (SSSR count). The fourth-order valence-corrected chi connectivity index (χ4v) is 4.88. The van der Waals surface area contributed by atoms with Gasteiger partial charge in [-0.2, -0.15) is 0 Å². The molecule has 3 aliphatic rings. The lowest BCUT2D eigenvalue weighted by molar-refractivity contribution is 0.187. The van der Waals surface area contributed by atoms with Crippen LogP contribution in [0.5, 0.6) is 0 Å². The molecule has 0 unspecified atom stereocenters. The number of rotatable bonds is 2. The van der Waals surface area contributed by atoms with E-state index in [4.69, 9.17) is 4.99 Å². The lowest BCUT2D eigenvalue weighted by Gasteiger charge is -2.47. The van der Waals surface area contributed by atoms with E-state index in [9.17, 15) is 13.6 Å². The van der Waals surface area contributed by atoms with Crippen molar-refractivity contribution >= 4 is 29.1 Å². The molecule has 3 heterocycles. The third kappa shape index (κ3) is 4.11. The van der Waals surface area contributed by atoms with Crippen LogP contribution in [-0.2, 0) is 0 Å². The predicted octanol–water partition coefficient (Wildman–Crippen LogP) is 4.61. The number of urea groups is 1. The van der Waals surface area contributed by atoms with Gasteiger partial charge in [-0.15, -0.1) is 0 Å². The van der Waals surface area contributed by atoms with Crippen molar-refractivity contribution in [2.24, 2.45) is 4.99 Å². The molecule has 0 radical (unpaired) electrons. The highest BCUT2D eigenvalue weighted by molar-refractivity contribution is 6.09. The van der Waals surface area contributed by atoms with Gasteiger partial charge in [-0.1, -0.05) is 12.8 Å². The molecular weight excluding hydrogens is 414 g/mol. The second-order valence-corrected chi connectivity index (χ2v) is 8.76. The van der Waals surface area contributed by atoms with E-state index < -0.39 is 23.2 Å². The van der Waals surface area contributed by atoms with E-state index in [0.717, 1.165) is 61.2 Å². The first-order chi connectivity index (χ1) is 15.5. The van der Waals surface area contributed by atoms with Gasteiger partial charge in [0.15, 0.2) is 5.82 Å². The number of hydrogen-bond donors (Lipinski definition) is 3. The number of nitrogens with zero attached hydrogens (tertiary/aromatic N) is 3. The number of pyridine rings is 1. The van der Waals surface area contributed by atoms with Gasteiger partial charge in [-0.05, 0) is 49.9 Å². The largest absolute Gasteiger partial charge is 0.368 e. The molecule has 2 fully saturated rings. The van der Waals surface area contributed by atoms with Gasteiger partial charge < -0.3 is 20.9 Å². The van der Waals surface area contributed by atoms with Gasteiger partial charge in [-0.3, -0.25) is 4.99 Å². The van der Waals surface area contributed by atoms with Crippen molar-refractivity contribution in [3.63, 3.8) is 0 Å². The number of amides is 2. The summed E-state index contributed by atoms with van der Waals surface area (Å²) in [4.78, 5) is 24.1. The summed E-state index contributed by atoms with van der Waals surface area (Å²) in [6, 6.07) is 6.69. The maximum Gasteiger partial charge on any atom is 0.321 e. The van der Waals surface area contributed by atoms with Gasteiger partial charge in [0.05, 0.1) is 18.3 Å². The Morgan fingerprint density at radius 1 is 1.19 bits per heavy atom. The number of anilines is 3. The van der Waals surface area contributed by atoms with Crippen LogP contribution in [0.4, 0.5) is 30.8 Å². The highest BCUT2D eigenvalue weighted by Gasteiger charge is 2.45. The molecule has 9 heteroatoms. The van der Waals surface area contributed by atoms with Crippen molar-refractivity contribution in [1.82, 2.24) is 9.88 Å². The summed E-state index contributed by atoms with van der Waals surface area (Å²) in [6.45, 7) is 0.924. The number of likely N-dealkylation sites (tertiary alicyclic amines) is 1. The quantitative estimate of drug-likeness (QED) is 0.637. The number of carbonyl (C=O) groups excluding carboxylic acids is 1. The Morgan fingerprint density at radius 3 is 2.75 bits per heavy atom. The Morgan fingerprint density at radius 2 is 1.97 bits per heavy atom. The number of aliphatic imine (C=N–C) groups is 1. The summed E-state index contributed by atoms with van der Waals surface area (Å²) < 4.78 is 27.1. The van der Waals surface area contributed by atoms with Crippen LogP contribution < -0.4 is 16.0 Å². The normalized spacial score (nSPS) is 24.2. The zero-order valence-corrected chi connectivity index (χ0v) is 17.7. The average molecular weight is 440 g/mol. The van der Waals surface area contributed by atoms with Crippen molar-refractivity contribution in [2.75, 3.05) is 29.0 Å². The first kappa shape index (κ1) is 20.7.